The standard InChI is InChI=1S/C17H15ClFN3O/c1-9-5-6-20-16(15(9)19)21-10(2)13-8-11-7-12(18)3-4-14(11)22-17(13)23/h3-8,10H,1-2H3,(H,20,21)(H,22,23)/t10-/m0/s1. The van der Waals surface area contributed by atoms with Crippen LogP contribution in [0.4, 0.5) is 10.2 Å². The number of nitrogens with one attached hydrogen (secondary N) is 2. The topological polar surface area (TPSA) is 57.8 Å². The molecular formula is C17H15ClFN3O. The van der Waals surface area contributed by atoms with Crippen molar-refractivity contribution in [3.05, 3.63) is 68.8 Å². The third kappa shape index (κ3) is 3.05. The van der Waals surface area contributed by atoms with E-state index in [-0.39, 0.29) is 11.4 Å². The van der Waals surface area contributed by atoms with Crippen LogP contribution in [0.25, 0.3) is 10.9 Å². The summed E-state index contributed by atoms with van der Waals surface area (Å²) in [6.45, 7) is 3.45. The fourth-order valence-corrected chi connectivity index (χ4v) is 2.62. The van der Waals surface area contributed by atoms with Crippen molar-refractivity contribution in [3.63, 3.8) is 0 Å². The molecule has 3 aromatic rings. The first-order chi connectivity index (χ1) is 11.0. The molecule has 0 saturated heterocycles. The van der Waals surface area contributed by atoms with Crippen LogP contribution in [0.3, 0.4) is 0 Å². The van der Waals surface area contributed by atoms with Crippen molar-refractivity contribution >= 4 is 28.3 Å². The van der Waals surface area contributed by atoms with Gasteiger partial charge in [-0.15, -0.1) is 0 Å². The van der Waals surface area contributed by atoms with E-state index in [0.717, 1.165) is 5.39 Å². The van der Waals surface area contributed by atoms with E-state index in [4.69, 9.17) is 11.6 Å². The highest BCUT2D eigenvalue weighted by Gasteiger charge is 2.14. The quantitative estimate of drug-likeness (QED) is 0.756. The number of H-pyrrole nitrogens is 1. The van der Waals surface area contributed by atoms with Crippen molar-refractivity contribution in [1.29, 1.82) is 0 Å². The number of aryl methyl sites for hydroxylation is 1. The Balaban J connectivity index is 2.00. The maximum absolute atomic E-state index is 14.1. The number of nitrogens with zero attached hydrogens (tertiary/aromatic N) is 1. The molecule has 0 aliphatic carbocycles. The van der Waals surface area contributed by atoms with Gasteiger partial charge in [0.05, 0.1) is 6.04 Å². The fraction of sp³-hybridized carbons (Fsp3) is 0.176. The smallest absolute Gasteiger partial charge is 0.253 e. The first-order valence-corrected chi connectivity index (χ1v) is 7.53. The molecule has 0 aliphatic heterocycles. The summed E-state index contributed by atoms with van der Waals surface area (Å²) in [5.41, 5.74) is 1.46. The Hall–Kier alpha value is -2.40. The number of hydrogen-bond acceptors (Lipinski definition) is 3. The van der Waals surface area contributed by atoms with E-state index < -0.39 is 11.9 Å². The van der Waals surface area contributed by atoms with Gasteiger partial charge in [-0.2, -0.15) is 0 Å². The Bertz CT molecular complexity index is 939. The van der Waals surface area contributed by atoms with Crippen LogP contribution in [0.2, 0.25) is 5.02 Å². The Morgan fingerprint density at radius 2 is 2.09 bits per heavy atom. The summed E-state index contributed by atoms with van der Waals surface area (Å²) in [5, 5.41) is 4.35. The number of benzene rings is 1. The highest BCUT2D eigenvalue weighted by molar-refractivity contribution is 6.31. The Morgan fingerprint density at radius 3 is 2.87 bits per heavy atom. The second kappa shape index (κ2) is 6.01. The highest BCUT2D eigenvalue weighted by atomic mass is 35.5. The van der Waals surface area contributed by atoms with E-state index in [0.29, 0.717) is 21.7 Å². The van der Waals surface area contributed by atoms with Crippen LogP contribution in [0, 0.1) is 12.7 Å². The zero-order valence-electron chi connectivity index (χ0n) is 12.7. The Labute approximate surface area is 137 Å². The monoisotopic (exact) mass is 331 g/mol. The number of hydrogen-bond donors (Lipinski definition) is 2. The fourth-order valence-electron chi connectivity index (χ4n) is 2.44. The number of anilines is 1. The molecule has 2 heterocycles. The number of pyridine rings is 2. The summed E-state index contributed by atoms with van der Waals surface area (Å²) < 4.78 is 14.1. The molecule has 0 radical (unpaired) electrons. The zero-order valence-corrected chi connectivity index (χ0v) is 13.4. The minimum atomic E-state index is -0.417. The van der Waals surface area contributed by atoms with Crippen molar-refractivity contribution in [2.24, 2.45) is 0 Å². The van der Waals surface area contributed by atoms with Gasteiger partial charge in [0.2, 0.25) is 0 Å². The maximum Gasteiger partial charge on any atom is 0.253 e. The first kappa shape index (κ1) is 15.5. The lowest BCUT2D eigenvalue weighted by molar-refractivity contribution is 0.612. The second-order valence-electron chi connectivity index (χ2n) is 5.44. The van der Waals surface area contributed by atoms with E-state index in [1.54, 1.807) is 44.2 Å². The summed E-state index contributed by atoms with van der Waals surface area (Å²) in [5.74, 6) is -0.289. The summed E-state index contributed by atoms with van der Waals surface area (Å²) in [4.78, 5) is 19.1. The van der Waals surface area contributed by atoms with Crippen molar-refractivity contribution in [2.75, 3.05) is 5.32 Å². The van der Waals surface area contributed by atoms with Crippen LogP contribution >= 0.6 is 11.6 Å². The van der Waals surface area contributed by atoms with Gasteiger partial charge < -0.3 is 10.3 Å². The molecule has 1 atom stereocenters. The average molecular weight is 332 g/mol. The molecule has 1 aromatic carbocycles. The molecule has 0 bridgehead atoms. The molecular weight excluding hydrogens is 317 g/mol. The van der Waals surface area contributed by atoms with Crippen LogP contribution in [0.1, 0.15) is 24.1 Å². The van der Waals surface area contributed by atoms with Gasteiger partial charge in [0, 0.05) is 27.7 Å². The number of halogens is 2. The third-order valence-corrected chi connectivity index (χ3v) is 3.97. The minimum absolute atomic E-state index is 0.128. The molecule has 3 rings (SSSR count). The highest BCUT2D eigenvalue weighted by Crippen LogP contribution is 2.23. The lowest BCUT2D eigenvalue weighted by Crippen LogP contribution is -2.20. The van der Waals surface area contributed by atoms with Gasteiger partial charge in [0.15, 0.2) is 11.6 Å². The normalized spacial score (nSPS) is 12.3. The van der Waals surface area contributed by atoms with Crippen molar-refractivity contribution < 1.29 is 4.39 Å². The van der Waals surface area contributed by atoms with Gasteiger partial charge in [-0.25, -0.2) is 9.37 Å². The third-order valence-electron chi connectivity index (χ3n) is 3.74. The molecule has 0 unspecified atom stereocenters. The lowest BCUT2D eigenvalue weighted by Gasteiger charge is -2.16. The Kier molecular flexibility index (Phi) is 4.05. The zero-order chi connectivity index (χ0) is 16.6. The Morgan fingerprint density at radius 1 is 1.30 bits per heavy atom. The van der Waals surface area contributed by atoms with Crippen molar-refractivity contribution in [3.8, 4) is 0 Å². The summed E-state index contributed by atoms with van der Waals surface area (Å²) in [6.07, 6.45) is 1.53. The van der Waals surface area contributed by atoms with Gasteiger partial charge in [0.1, 0.15) is 0 Å². The molecule has 0 spiro atoms. The van der Waals surface area contributed by atoms with Gasteiger partial charge in [-0.05, 0) is 49.7 Å². The second-order valence-corrected chi connectivity index (χ2v) is 5.88. The SMILES string of the molecule is Cc1ccnc(N[C@@H](C)c2cc3cc(Cl)ccc3[nH]c2=O)c1F. The molecule has 6 heteroatoms. The van der Waals surface area contributed by atoms with Gasteiger partial charge in [0.25, 0.3) is 5.56 Å². The van der Waals surface area contributed by atoms with Crippen LogP contribution in [0.15, 0.2) is 41.3 Å². The number of aromatic nitrogens is 2. The largest absolute Gasteiger partial charge is 0.361 e. The first-order valence-electron chi connectivity index (χ1n) is 7.16. The molecule has 2 N–H and O–H groups in total. The predicted octanol–water partition coefficient (Wildman–Crippen LogP) is 4.20. The van der Waals surface area contributed by atoms with Crippen LogP contribution < -0.4 is 10.9 Å². The van der Waals surface area contributed by atoms with E-state index in [2.05, 4.69) is 15.3 Å². The van der Waals surface area contributed by atoms with Crippen molar-refractivity contribution in [1.82, 2.24) is 9.97 Å². The lowest BCUT2D eigenvalue weighted by atomic mass is 10.1. The number of fused-ring (bicyclic) bond motifs is 1. The molecule has 0 saturated carbocycles. The predicted molar refractivity (Wildman–Crippen MR) is 90.5 cm³/mol. The van der Waals surface area contributed by atoms with E-state index in [9.17, 15) is 9.18 Å². The molecule has 0 amide bonds. The van der Waals surface area contributed by atoms with E-state index in [1.807, 2.05) is 0 Å². The molecule has 2 aromatic heterocycles. The average Bonchev–Trinajstić information content (AvgIpc) is 2.51. The minimum Gasteiger partial charge on any atom is -0.361 e. The van der Waals surface area contributed by atoms with Gasteiger partial charge in [-0.1, -0.05) is 11.6 Å². The van der Waals surface area contributed by atoms with Gasteiger partial charge >= 0.3 is 0 Å². The molecule has 4 nitrogen and oxygen atoms in total. The maximum atomic E-state index is 14.1. The molecule has 23 heavy (non-hydrogen) atoms. The summed E-state index contributed by atoms with van der Waals surface area (Å²) in [7, 11) is 0. The van der Waals surface area contributed by atoms with Gasteiger partial charge in [-0.3, -0.25) is 4.79 Å². The number of aromatic amines is 1. The van der Waals surface area contributed by atoms with E-state index >= 15 is 0 Å². The van der Waals surface area contributed by atoms with Crippen LogP contribution in [-0.2, 0) is 0 Å². The summed E-state index contributed by atoms with van der Waals surface area (Å²) >= 11 is 5.99. The molecule has 0 aliphatic rings. The molecule has 0 fully saturated rings. The number of rotatable bonds is 3. The van der Waals surface area contributed by atoms with Crippen LogP contribution in [-0.4, -0.2) is 9.97 Å². The van der Waals surface area contributed by atoms with E-state index in [1.165, 1.54) is 6.20 Å². The molecule has 118 valence electrons. The summed E-state index contributed by atoms with van der Waals surface area (Å²) in [6, 6.07) is 8.18. The van der Waals surface area contributed by atoms with Crippen molar-refractivity contribution in [2.45, 2.75) is 19.9 Å². The van der Waals surface area contributed by atoms with Crippen LogP contribution in [0.5, 0.6) is 0 Å².